The van der Waals surface area contributed by atoms with Crippen LogP contribution in [0, 0.1) is 5.41 Å². The molecule has 2 aliphatic rings. The number of nitrogens with one attached hydrogen (secondary N) is 2. The molecule has 9 nitrogen and oxygen atoms in total. The number of likely N-dealkylation sites (tertiary alicyclic amines) is 1. The highest BCUT2D eigenvalue weighted by molar-refractivity contribution is 7.99. The third-order valence-electron chi connectivity index (χ3n) is 6.52. The number of aromatic nitrogens is 2. The minimum absolute atomic E-state index is 0.0327. The number of amides is 1. The maximum Gasteiger partial charge on any atom is 0.224 e. The number of nitrogens with two attached hydrogens (primary N) is 1. The van der Waals surface area contributed by atoms with Crippen molar-refractivity contribution < 1.29 is 9.18 Å². The van der Waals surface area contributed by atoms with E-state index < -0.39 is 6.17 Å². The first-order chi connectivity index (χ1) is 17.8. The first-order valence-electron chi connectivity index (χ1n) is 12.8. The van der Waals surface area contributed by atoms with Crippen molar-refractivity contribution in [1.29, 1.82) is 5.41 Å². The number of anilines is 2. The SMILES string of the molecule is CCC(=O)Nc1ccc(Sc2nc(N=C(N)CC(C)=N)cc(N3CCC(N4CCC(F)C4)CC3)n2)cc1. The lowest BCUT2D eigenvalue weighted by Crippen LogP contribution is -2.44. The van der Waals surface area contributed by atoms with Crippen molar-refractivity contribution in [2.24, 2.45) is 10.7 Å². The second-order valence-electron chi connectivity index (χ2n) is 9.55. The fourth-order valence-corrected chi connectivity index (χ4v) is 5.38. The largest absolute Gasteiger partial charge is 0.387 e. The summed E-state index contributed by atoms with van der Waals surface area (Å²) in [4.78, 5) is 31.0. The number of piperidine rings is 1. The molecule has 4 N–H and O–H groups in total. The van der Waals surface area contributed by atoms with Gasteiger partial charge in [0.15, 0.2) is 11.0 Å². The van der Waals surface area contributed by atoms with E-state index in [-0.39, 0.29) is 12.3 Å². The van der Waals surface area contributed by atoms with Crippen LogP contribution in [0.3, 0.4) is 0 Å². The normalized spacial score (nSPS) is 19.3. The molecule has 4 rings (SSSR count). The van der Waals surface area contributed by atoms with Crippen LogP contribution in [0.15, 0.2) is 45.4 Å². The first kappa shape index (κ1) is 27.0. The topological polar surface area (TPSA) is 124 Å². The summed E-state index contributed by atoms with van der Waals surface area (Å²) in [7, 11) is 0. The molecule has 2 saturated heterocycles. The Kier molecular flexibility index (Phi) is 9.09. The van der Waals surface area contributed by atoms with Crippen molar-refractivity contribution in [3.63, 3.8) is 0 Å². The lowest BCUT2D eigenvalue weighted by atomic mass is 10.0. The maximum absolute atomic E-state index is 13.7. The third-order valence-corrected chi connectivity index (χ3v) is 7.39. The van der Waals surface area contributed by atoms with E-state index in [0.717, 1.165) is 48.9 Å². The molecule has 2 fully saturated rings. The highest BCUT2D eigenvalue weighted by Gasteiger charge is 2.31. The Hall–Kier alpha value is -3.05. The molecular weight excluding hydrogens is 491 g/mol. The van der Waals surface area contributed by atoms with Gasteiger partial charge in [-0.2, -0.15) is 0 Å². The Morgan fingerprint density at radius 3 is 2.57 bits per heavy atom. The summed E-state index contributed by atoms with van der Waals surface area (Å²) >= 11 is 1.41. The van der Waals surface area contributed by atoms with Gasteiger partial charge in [0.05, 0.1) is 0 Å². The number of benzene rings is 1. The van der Waals surface area contributed by atoms with Gasteiger partial charge < -0.3 is 21.4 Å². The van der Waals surface area contributed by atoms with Crippen LogP contribution in [0.4, 0.5) is 21.7 Å². The summed E-state index contributed by atoms with van der Waals surface area (Å²) in [5.41, 5.74) is 7.23. The van der Waals surface area contributed by atoms with Gasteiger partial charge in [-0.1, -0.05) is 6.92 Å². The lowest BCUT2D eigenvalue weighted by molar-refractivity contribution is -0.115. The van der Waals surface area contributed by atoms with Crippen molar-refractivity contribution in [3.8, 4) is 0 Å². The van der Waals surface area contributed by atoms with E-state index in [9.17, 15) is 9.18 Å². The van der Waals surface area contributed by atoms with Crippen molar-refractivity contribution in [2.75, 3.05) is 36.4 Å². The van der Waals surface area contributed by atoms with Gasteiger partial charge in [0.2, 0.25) is 5.91 Å². The highest BCUT2D eigenvalue weighted by atomic mass is 32.2. The Morgan fingerprint density at radius 1 is 1.22 bits per heavy atom. The minimum atomic E-state index is -0.702. The van der Waals surface area contributed by atoms with E-state index in [4.69, 9.17) is 16.1 Å². The smallest absolute Gasteiger partial charge is 0.224 e. The molecule has 1 aromatic heterocycles. The molecule has 1 aromatic carbocycles. The number of amidine groups is 1. The molecule has 11 heteroatoms. The van der Waals surface area contributed by atoms with Crippen LogP contribution in [0.1, 0.15) is 46.0 Å². The number of carbonyl (C=O) groups is 1. The number of alkyl halides is 1. The standard InChI is InChI=1S/C26H35FN8OS/c1-3-25(36)30-19-4-6-21(7-5-19)37-26-32-23(31-22(29)14-17(2)28)15-24(33-26)34-12-9-20(10-13-34)35-11-8-18(27)16-35/h4-7,15,18,20,28H,3,8-14,16H2,1-2H3,(H,30,36)(H2,29,31,32,33). The highest BCUT2D eigenvalue weighted by Crippen LogP contribution is 2.31. The van der Waals surface area contributed by atoms with E-state index >= 15 is 0 Å². The van der Waals surface area contributed by atoms with Gasteiger partial charge in [-0.15, -0.1) is 0 Å². The molecule has 2 aliphatic heterocycles. The summed E-state index contributed by atoms with van der Waals surface area (Å²) in [6, 6.07) is 9.79. The quantitative estimate of drug-likeness (QED) is 0.251. The fourth-order valence-electron chi connectivity index (χ4n) is 4.62. The Bertz CT molecular complexity index is 1130. The molecule has 37 heavy (non-hydrogen) atoms. The summed E-state index contributed by atoms with van der Waals surface area (Å²) in [5, 5.41) is 11.1. The molecule has 0 spiro atoms. The maximum atomic E-state index is 13.7. The summed E-state index contributed by atoms with van der Waals surface area (Å²) in [5.74, 6) is 1.54. The zero-order valence-electron chi connectivity index (χ0n) is 21.4. The molecule has 3 heterocycles. The lowest BCUT2D eigenvalue weighted by Gasteiger charge is -2.37. The van der Waals surface area contributed by atoms with Gasteiger partial charge in [0.25, 0.3) is 0 Å². The number of hydrogen-bond donors (Lipinski definition) is 3. The zero-order valence-corrected chi connectivity index (χ0v) is 22.2. The van der Waals surface area contributed by atoms with Gasteiger partial charge in [-0.25, -0.2) is 19.4 Å². The predicted octanol–water partition coefficient (Wildman–Crippen LogP) is 4.41. The van der Waals surface area contributed by atoms with Crippen molar-refractivity contribution in [3.05, 3.63) is 30.3 Å². The van der Waals surface area contributed by atoms with Gasteiger partial charge in [0.1, 0.15) is 17.8 Å². The van der Waals surface area contributed by atoms with Gasteiger partial charge in [0, 0.05) is 67.4 Å². The van der Waals surface area contributed by atoms with Crippen LogP contribution in [0.5, 0.6) is 0 Å². The van der Waals surface area contributed by atoms with Crippen LogP contribution in [-0.2, 0) is 4.79 Å². The average molecular weight is 527 g/mol. The molecule has 0 radical (unpaired) electrons. The van der Waals surface area contributed by atoms with Crippen molar-refractivity contribution >= 4 is 46.5 Å². The summed E-state index contributed by atoms with van der Waals surface area (Å²) in [6.07, 6.45) is 2.55. The van der Waals surface area contributed by atoms with Crippen LogP contribution in [0.25, 0.3) is 0 Å². The van der Waals surface area contributed by atoms with E-state index in [2.05, 4.69) is 25.1 Å². The molecule has 0 aliphatic carbocycles. The number of aliphatic imine (C=N–C) groups is 1. The van der Waals surface area contributed by atoms with E-state index in [0.29, 0.717) is 47.9 Å². The van der Waals surface area contributed by atoms with Crippen LogP contribution in [-0.4, -0.2) is 70.7 Å². The molecule has 1 amide bonds. The molecule has 0 bridgehead atoms. The molecule has 198 valence electrons. The summed E-state index contributed by atoms with van der Waals surface area (Å²) < 4.78 is 13.7. The molecule has 1 unspecified atom stereocenters. The van der Waals surface area contributed by atoms with Crippen molar-refractivity contribution in [2.45, 2.75) is 68.2 Å². The van der Waals surface area contributed by atoms with E-state index in [1.54, 1.807) is 6.92 Å². The van der Waals surface area contributed by atoms with Gasteiger partial charge in [-0.05, 0) is 62.2 Å². The third kappa shape index (κ3) is 7.72. The number of carbonyl (C=O) groups excluding carboxylic acids is 1. The van der Waals surface area contributed by atoms with Crippen molar-refractivity contribution in [1.82, 2.24) is 14.9 Å². The predicted molar refractivity (Wildman–Crippen MR) is 147 cm³/mol. The van der Waals surface area contributed by atoms with Crippen LogP contribution < -0.4 is 16.0 Å². The molecular formula is C26H35FN8OS. The molecule has 2 aromatic rings. The number of hydrogen-bond acceptors (Lipinski definition) is 8. The monoisotopic (exact) mass is 526 g/mol. The van der Waals surface area contributed by atoms with Crippen LogP contribution in [0.2, 0.25) is 0 Å². The second-order valence-corrected chi connectivity index (χ2v) is 10.6. The van der Waals surface area contributed by atoms with E-state index in [1.807, 2.05) is 37.3 Å². The Balaban J connectivity index is 1.51. The van der Waals surface area contributed by atoms with Crippen LogP contribution >= 0.6 is 11.8 Å². The van der Waals surface area contributed by atoms with Gasteiger partial charge in [-0.3, -0.25) is 9.69 Å². The minimum Gasteiger partial charge on any atom is -0.387 e. The number of halogens is 1. The summed E-state index contributed by atoms with van der Waals surface area (Å²) in [6.45, 7) is 6.54. The number of rotatable bonds is 9. The Morgan fingerprint density at radius 2 is 1.95 bits per heavy atom. The van der Waals surface area contributed by atoms with E-state index in [1.165, 1.54) is 11.8 Å². The van der Waals surface area contributed by atoms with Gasteiger partial charge >= 0.3 is 0 Å². The first-order valence-corrected chi connectivity index (χ1v) is 13.6. The average Bonchev–Trinajstić information content (AvgIpc) is 3.31. The fraction of sp³-hybridized carbons (Fsp3) is 0.500. The second kappa shape index (κ2) is 12.5. The Labute approximate surface area is 221 Å². The molecule has 0 saturated carbocycles. The number of nitrogens with zero attached hydrogens (tertiary/aromatic N) is 5. The zero-order chi connectivity index (χ0) is 26.4. The molecule has 1 atom stereocenters.